The molecule has 2 aromatic carbocycles. The Hall–Kier alpha value is -2.88. The van der Waals surface area contributed by atoms with Crippen LogP contribution < -0.4 is 4.90 Å². The van der Waals surface area contributed by atoms with Crippen LogP contribution in [-0.4, -0.2) is 61.5 Å². The van der Waals surface area contributed by atoms with Crippen LogP contribution in [0.15, 0.2) is 48.5 Å². The molecule has 2 aromatic rings. The van der Waals surface area contributed by atoms with E-state index in [9.17, 15) is 4.79 Å². The molecule has 37 heavy (non-hydrogen) atoms. The first kappa shape index (κ1) is 25.8. The van der Waals surface area contributed by atoms with Gasteiger partial charge in [0.05, 0.1) is 24.3 Å². The number of nitrogens with zero attached hydrogens (tertiary/aromatic N) is 4. The number of benzene rings is 2. The van der Waals surface area contributed by atoms with Crippen LogP contribution in [0.5, 0.6) is 0 Å². The summed E-state index contributed by atoms with van der Waals surface area (Å²) < 4.78 is 6.55. The molecule has 6 nitrogen and oxygen atoms in total. The van der Waals surface area contributed by atoms with E-state index in [1.54, 1.807) is 0 Å². The molecule has 0 N–H and O–H groups in total. The predicted molar refractivity (Wildman–Crippen MR) is 146 cm³/mol. The van der Waals surface area contributed by atoms with Crippen molar-refractivity contribution in [3.63, 3.8) is 0 Å². The molecule has 1 atom stereocenters. The first-order valence-electron chi connectivity index (χ1n) is 14.2. The topological polar surface area (TPSA) is 59.8 Å². The molecule has 3 fully saturated rings. The van der Waals surface area contributed by atoms with Crippen LogP contribution in [0.2, 0.25) is 0 Å². The van der Waals surface area contributed by atoms with E-state index in [4.69, 9.17) is 10.00 Å². The number of amides is 1. The normalized spacial score (nSPS) is 20.1. The van der Waals surface area contributed by atoms with E-state index in [1.165, 1.54) is 43.4 Å². The van der Waals surface area contributed by atoms with Gasteiger partial charge in [-0.25, -0.2) is 0 Å². The third-order valence-corrected chi connectivity index (χ3v) is 8.31. The van der Waals surface area contributed by atoms with Crippen LogP contribution in [0.3, 0.4) is 0 Å². The highest BCUT2D eigenvalue weighted by Crippen LogP contribution is 2.29. The molecule has 1 aliphatic carbocycles. The largest absolute Gasteiger partial charge is 0.372 e. The molecule has 0 unspecified atom stereocenters. The van der Waals surface area contributed by atoms with E-state index < -0.39 is 0 Å². The monoisotopic (exact) mass is 500 g/mol. The number of hydrogen-bond acceptors (Lipinski definition) is 5. The highest BCUT2D eigenvalue weighted by atomic mass is 16.5. The highest BCUT2D eigenvalue weighted by molar-refractivity contribution is 5.79. The summed E-state index contributed by atoms with van der Waals surface area (Å²) in [5.41, 5.74) is 4.23. The summed E-state index contributed by atoms with van der Waals surface area (Å²) in [4.78, 5) is 20.1. The van der Waals surface area contributed by atoms with E-state index in [2.05, 4.69) is 45.0 Å². The maximum atomic E-state index is 13.0. The van der Waals surface area contributed by atoms with Gasteiger partial charge in [0.2, 0.25) is 5.91 Å². The van der Waals surface area contributed by atoms with Gasteiger partial charge in [0.1, 0.15) is 0 Å². The second-order valence-corrected chi connectivity index (χ2v) is 10.9. The van der Waals surface area contributed by atoms with Crippen molar-refractivity contribution in [1.29, 1.82) is 5.26 Å². The number of rotatable bonds is 8. The first-order chi connectivity index (χ1) is 18.2. The summed E-state index contributed by atoms with van der Waals surface area (Å²) >= 11 is 0. The van der Waals surface area contributed by atoms with Gasteiger partial charge < -0.3 is 14.5 Å². The van der Waals surface area contributed by atoms with E-state index in [1.807, 2.05) is 24.3 Å². The van der Waals surface area contributed by atoms with Gasteiger partial charge in [0.25, 0.3) is 0 Å². The van der Waals surface area contributed by atoms with Crippen molar-refractivity contribution in [3.8, 4) is 6.07 Å². The lowest BCUT2D eigenvalue weighted by molar-refractivity contribution is -0.138. The van der Waals surface area contributed by atoms with Crippen molar-refractivity contribution < 1.29 is 9.53 Å². The van der Waals surface area contributed by atoms with Crippen LogP contribution in [0.1, 0.15) is 67.7 Å². The summed E-state index contributed by atoms with van der Waals surface area (Å²) in [5, 5.41) is 9.11. The highest BCUT2D eigenvalue weighted by Gasteiger charge is 2.29. The minimum absolute atomic E-state index is 0.0567. The van der Waals surface area contributed by atoms with Crippen molar-refractivity contribution in [3.05, 3.63) is 65.2 Å². The third kappa shape index (κ3) is 6.71. The van der Waals surface area contributed by atoms with Gasteiger partial charge >= 0.3 is 0 Å². The number of piperazine rings is 1. The molecule has 0 bridgehead atoms. The lowest BCUT2D eigenvalue weighted by Crippen LogP contribution is -2.51. The van der Waals surface area contributed by atoms with E-state index >= 15 is 0 Å². The van der Waals surface area contributed by atoms with Gasteiger partial charge in [-0.2, -0.15) is 5.26 Å². The van der Waals surface area contributed by atoms with Crippen LogP contribution in [0.4, 0.5) is 5.69 Å². The summed E-state index contributed by atoms with van der Waals surface area (Å²) in [5.74, 6) is 0.628. The quantitative estimate of drug-likeness (QED) is 0.502. The van der Waals surface area contributed by atoms with Crippen molar-refractivity contribution in [2.45, 2.75) is 57.7 Å². The standard InChI is InChI=1S/C31H40N4O2/c32-22-25-11-13-26(14-12-25)24-37-30(28-9-6-10-29(21-28)34-15-4-5-16-34)23-33-17-19-35(20-18-33)31(36)27-7-2-1-3-8-27/h6,9-14,21,27,30H,1-5,7-8,15-20,23-24H2/t30-/m0/s1. The molecule has 196 valence electrons. The minimum atomic E-state index is -0.0567. The summed E-state index contributed by atoms with van der Waals surface area (Å²) in [6, 6.07) is 18.7. The number of ether oxygens (including phenoxy) is 1. The first-order valence-corrected chi connectivity index (χ1v) is 14.2. The summed E-state index contributed by atoms with van der Waals surface area (Å²) in [6.07, 6.45) is 8.27. The summed E-state index contributed by atoms with van der Waals surface area (Å²) in [7, 11) is 0. The zero-order valence-electron chi connectivity index (χ0n) is 22.0. The Morgan fingerprint density at radius 1 is 0.919 bits per heavy atom. The second kappa shape index (κ2) is 12.6. The Morgan fingerprint density at radius 3 is 2.35 bits per heavy atom. The molecule has 1 amide bonds. The van der Waals surface area contributed by atoms with Gasteiger partial charge in [0, 0.05) is 57.4 Å². The fourth-order valence-corrected chi connectivity index (χ4v) is 6.02. The SMILES string of the molecule is N#Cc1ccc(CO[C@@H](CN2CCN(C(=O)C3CCCCC3)CC2)c2cccc(N3CCCC3)c2)cc1. The smallest absolute Gasteiger partial charge is 0.225 e. The Balaban J connectivity index is 1.24. The van der Waals surface area contributed by atoms with Gasteiger partial charge in [0.15, 0.2) is 0 Å². The van der Waals surface area contributed by atoms with E-state index in [0.29, 0.717) is 18.1 Å². The molecule has 6 heteroatoms. The van der Waals surface area contributed by atoms with Crippen molar-refractivity contribution in [2.24, 2.45) is 5.92 Å². The Labute approximate surface area is 221 Å². The van der Waals surface area contributed by atoms with Crippen LogP contribution in [0.25, 0.3) is 0 Å². The van der Waals surface area contributed by atoms with Gasteiger partial charge in [-0.05, 0) is 61.1 Å². The number of anilines is 1. The predicted octanol–water partition coefficient (Wildman–Crippen LogP) is 5.14. The Kier molecular flexibility index (Phi) is 8.76. The van der Waals surface area contributed by atoms with Crippen molar-refractivity contribution >= 4 is 11.6 Å². The zero-order chi connectivity index (χ0) is 25.5. The molecule has 0 spiro atoms. The molecule has 2 aliphatic heterocycles. The van der Waals surface area contributed by atoms with Gasteiger partial charge in [-0.1, -0.05) is 43.5 Å². The van der Waals surface area contributed by atoms with Crippen molar-refractivity contribution in [1.82, 2.24) is 9.80 Å². The maximum absolute atomic E-state index is 13.0. The molecule has 2 heterocycles. The molecule has 3 aliphatic rings. The van der Waals surface area contributed by atoms with Crippen molar-refractivity contribution in [2.75, 3.05) is 50.7 Å². The molecular weight excluding hydrogens is 460 g/mol. The van der Waals surface area contributed by atoms with Crippen LogP contribution in [0, 0.1) is 17.2 Å². The fourth-order valence-electron chi connectivity index (χ4n) is 6.02. The zero-order valence-corrected chi connectivity index (χ0v) is 22.0. The number of carbonyl (C=O) groups is 1. The van der Waals surface area contributed by atoms with Gasteiger partial charge in [-0.3, -0.25) is 9.69 Å². The average Bonchev–Trinajstić information content (AvgIpc) is 3.51. The number of nitriles is 1. The molecule has 5 rings (SSSR count). The van der Waals surface area contributed by atoms with E-state index in [-0.39, 0.29) is 12.0 Å². The maximum Gasteiger partial charge on any atom is 0.225 e. The summed E-state index contributed by atoms with van der Waals surface area (Å²) in [6.45, 7) is 6.96. The van der Waals surface area contributed by atoms with Crippen LogP contribution >= 0.6 is 0 Å². The molecule has 1 saturated carbocycles. The second-order valence-electron chi connectivity index (χ2n) is 10.9. The molecular formula is C31H40N4O2. The fraction of sp³-hybridized carbons (Fsp3) is 0.548. The third-order valence-electron chi connectivity index (χ3n) is 8.31. The average molecular weight is 501 g/mol. The number of hydrogen-bond donors (Lipinski definition) is 0. The molecule has 2 saturated heterocycles. The lowest BCUT2D eigenvalue weighted by Gasteiger charge is -2.38. The van der Waals surface area contributed by atoms with E-state index in [0.717, 1.165) is 64.2 Å². The Bertz CT molecular complexity index is 1060. The lowest BCUT2D eigenvalue weighted by atomic mass is 9.88. The number of carbonyl (C=O) groups excluding carboxylic acids is 1. The molecule has 0 radical (unpaired) electrons. The Morgan fingerprint density at radius 2 is 1.65 bits per heavy atom. The van der Waals surface area contributed by atoms with Crippen LogP contribution in [-0.2, 0) is 16.1 Å². The van der Waals surface area contributed by atoms with Gasteiger partial charge in [-0.15, -0.1) is 0 Å². The minimum Gasteiger partial charge on any atom is -0.372 e. The molecule has 0 aromatic heterocycles.